The first-order valence-corrected chi connectivity index (χ1v) is 5.68. The summed E-state index contributed by atoms with van der Waals surface area (Å²) in [5.41, 5.74) is 6.21. The van der Waals surface area contributed by atoms with Crippen LogP contribution in [0.1, 0.15) is 6.23 Å². The topological polar surface area (TPSA) is 157 Å². The normalized spacial score (nSPS) is 29.9. The van der Waals surface area contributed by atoms with Gasteiger partial charge in [0.05, 0.1) is 6.33 Å². The number of nitrogen functional groups attached to an aromatic ring is 1. The van der Waals surface area contributed by atoms with E-state index in [2.05, 4.69) is 15.0 Å². The molecule has 20 heavy (non-hydrogen) atoms. The third-order valence-electron chi connectivity index (χ3n) is 3.14. The number of ether oxygens (including phenoxy) is 1. The van der Waals surface area contributed by atoms with E-state index < -0.39 is 30.5 Å². The molecule has 1 aliphatic heterocycles. The second-order valence-corrected chi connectivity index (χ2v) is 4.35. The van der Waals surface area contributed by atoms with Crippen molar-refractivity contribution in [2.75, 3.05) is 5.73 Å². The number of carboxylic acid groups (broad SMARTS) is 1. The van der Waals surface area contributed by atoms with Crippen LogP contribution < -0.4 is 5.73 Å². The highest BCUT2D eigenvalue weighted by Crippen LogP contribution is 2.31. The highest BCUT2D eigenvalue weighted by atomic mass is 16.6. The lowest BCUT2D eigenvalue weighted by atomic mass is 10.1. The summed E-state index contributed by atoms with van der Waals surface area (Å²) in [5.74, 6) is -1.21. The van der Waals surface area contributed by atoms with Crippen LogP contribution in [0.4, 0.5) is 5.82 Å². The molecule has 5 N–H and O–H groups in total. The highest BCUT2D eigenvalue weighted by molar-refractivity contribution is 5.81. The number of aromatic nitrogens is 4. The summed E-state index contributed by atoms with van der Waals surface area (Å²) in [4.78, 5) is 22.6. The predicted molar refractivity (Wildman–Crippen MR) is 63.3 cm³/mol. The number of imidazole rings is 1. The standard InChI is InChI=1S/C10H11N5O5/c11-7-3-8(13-1-12-7)15(2-14-3)9-5(17)4(16)6(20-9)10(18)19/h1-2,4-6,9,16-17H,(H,18,19)(H2,11,12,13)/t4-,5+,6-,9?/m0/s1. The van der Waals surface area contributed by atoms with Crippen molar-refractivity contribution in [2.24, 2.45) is 0 Å². The monoisotopic (exact) mass is 281 g/mol. The first-order chi connectivity index (χ1) is 9.50. The van der Waals surface area contributed by atoms with E-state index in [-0.39, 0.29) is 11.5 Å². The molecule has 10 nitrogen and oxygen atoms in total. The fourth-order valence-corrected chi connectivity index (χ4v) is 2.15. The summed E-state index contributed by atoms with van der Waals surface area (Å²) in [6.07, 6.45) is -3.11. The summed E-state index contributed by atoms with van der Waals surface area (Å²) in [6, 6.07) is 0. The molecule has 0 spiro atoms. The lowest BCUT2D eigenvalue weighted by Crippen LogP contribution is -2.35. The van der Waals surface area contributed by atoms with Crippen LogP contribution in [0.25, 0.3) is 11.2 Å². The summed E-state index contributed by atoms with van der Waals surface area (Å²) in [5, 5.41) is 28.5. The van der Waals surface area contributed by atoms with Crippen molar-refractivity contribution in [1.29, 1.82) is 0 Å². The number of aliphatic hydroxyl groups excluding tert-OH is 2. The largest absolute Gasteiger partial charge is 0.479 e. The molecule has 1 unspecified atom stereocenters. The minimum absolute atomic E-state index is 0.150. The van der Waals surface area contributed by atoms with Crippen LogP contribution in [0, 0.1) is 0 Å². The van der Waals surface area contributed by atoms with Crippen molar-refractivity contribution in [3.05, 3.63) is 12.7 Å². The average Bonchev–Trinajstić information content (AvgIpc) is 2.94. The van der Waals surface area contributed by atoms with Crippen molar-refractivity contribution < 1.29 is 24.9 Å². The van der Waals surface area contributed by atoms with Gasteiger partial charge in [0.2, 0.25) is 0 Å². The Morgan fingerprint density at radius 1 is 1.30 bits per heavy atom. The quantitative estimate of drug-likeness (QED) is 0.494. The van der Waals surface area contributed by atoms with Crippen molar-refractivity contribution in [2.45, 2.75) is 24.5 Å². The zero-order valence-corrected chi connectivity index (χ0v) is 9.99. The van der Waals surface area contributed by atoms with Crippen molar-refractivity contribution in [1.82, 2.24) is 19.5 Å². The van der Waals surface area contributed by atoms with E-state index in [4.69, 9.17) is 15.6 Å². The van der Waals surface area contributed by atoms with Gasteiger partial charge in [-0.2, -0.15) is 0 Å². The van der Waals surface area contributed by atoms with E-state index in [1.807, 2.05) is 0 Å². The van der Waals surface area contributed by atoms with E-state index in [9.17, 15) is 15.0 Å². The number of anilines is 1. The molecule has 0 amide bonds. The Morgan fingerprint density at radius 3 is 2.70 bits per heavy atom. The molecule has 1 saturated heterocycles. The maximum atomic E-state index is 10.9. The molecule has 0 radical (unpaired) electrons. The number of fused-ring (bicyclic) bond motifs is 1. The number of aliphatic carboxylic acids is 1. The number of hydrogen-bond acceptors (Lipinski definition) is 8. The molecule has 1 aliphatic rings. The van der Waals surface area contributed by atoms with Gasteiger partial charge in [0.15, 0.2) is 23.8 Å². The van der Waals surface area contributed by atoms with E-state index in [1.165, 1.54) is 17.2 Å². The van der Waals surface area contributed by atoms with Crippen LogP contribution in [0.5, 0.6) is 0 Å². The smallest absolute Gasteiger partial charge is 0.335 e. The molecule has 1 fully saturated rings. The molecule has 3 rings (SSSR count). The fraction of sp³-hybridized carbons (Fsp3) is 0.400. The Labute approximate surface area is 111 Å². The van der Waals surface area contributed by atoms with Gasteiger partial charge in [-0.1, -0.05) is 0 Å². The van der Waals surface area contributed by atoms with Crippen LogP contribution >= 0.6 is 0 Å². The molecular formula is C10H11N5O5. The van der Waals surface area contributed by atoms with Crippen LogP contribution in [0.2, 0.25) is 0 Å². The SMILES string of the molecule is Nc1ncnc2c1ncn2C1O[C@H](C(=O)O)[C@@H](O)[C@H]1O. The van der Waals surface area contributed by atoms with E-state index in [1.54, 1.807) is 0 Å². The van der Waals surface area contributed by atoms with Crippen LogP contribution in [-0.2, 0) is 9.53 Å². The van der Waals surface area contributed by atoms with Gasteiger partial charge in [-0.25, -0.2) is 19.7 Å². The number of aliphatic hydroxyl groups is 2. The van der Waals surface area contributed by atoms with Gasteiger partial charge in [0, 0.05) is 0 Å². The molecule has 0 saturated carbocycles. The Bertz CT molecular complexity index is 673. The van der Waals surface area contributed by atoms with Crippen LogP contribution in [0.15, 0.2) is 12.7 Å². The van der Waals surface area contributed by atoms with E-state index in [0.717, 1.165) is 0 Å². The van der Waals surface area contributed by atoms with Gasteiger partial charge < -0.3 is 25.8 Å². The molecule has 4 atom stereocenters. The minimum Gasteiger partial charge on any atom is -0.479 e. The highest BCUT2D eigenvalue weighted by Gasteiger charge is 2.47. The predicted octanol–water partition coefficient (Wildman–Crippen LogP) is -1.89. The summed E-state index contributed by atoms with van der Waals surface area (Å²) >= 11 is 0. The second kappa shape index (κ2) is 4.37. The molecule has 2 aromatic heterocycles. The maximum absolute atomic E-state index is 10.9. The Balaban J connectivity index is 2.04. The van der Waals surface area contributed by atoms with Gasteiger partial charge >= 0.3 is 5.97 Å². The molecule has 2 aromatic rings. The third kappa shape index (κ3) is 1.70. The first kappa shape index (κ1) is 12.7. The maximum Gasteiger partial charge on any atom is 0.335 e. The fourth-order valence-electron chi connectivity index (χ4n) is 2.15. The lowest BCUT2D eigenvalue weighted by Gasteiger charge is -2.16. The zero-order valence-electron chi connectivity index (χ0n) is 9.99. The minimum atomic E-state index is -1.55. The Kier molecular flexibility index (Phi) is 2.78. The molecule has 106 valence electrons. The second-order valence-electron chi connectivity index (χ2n) is 4.35. The number of nitrogens with two attached hydrogens (primary N) is 1. The van der Waals surface area contributed by atoms with Crippen molar-refractivity contribution in [3.8, 4) is 0 Å². The van der Waals surface area contributed by atoms with Crippen LogP contribution in [0.3, 0.4) is 0 Å². The number of rotatable bonds is 2. The van der Waals surface area contributed by atoms with E-state index >= 15 is 0 Å². The number of nitrogens with zero attached hydrogens (tertiary/aromatic N) is 4. The van der Waals surface area contributed by atoms with Gasteiger partial charge in [0.25, 0.3) is 0 Å². The summed E-state index contributed by atoms with van der Waals surface area (Å²) in [6.45, 7) is 0. The molecular weight excluding hydrogens is 270 g/mol. The molecule has 0 aromatic carbocycles. The third-order valence-corrected chi connectivity index (χ3v) is 3.14. The molecule has 0 aliphatic carbocycles. The Hall–Kier alpha value is -2.30. The van der Waals surface area contributed by atoms with Crippen LogP contribution in [-0.4, -0.2) is 59.1 Å². The van der Waals surface area contributed by atoms with Gasteiger partial charge in [-0.3, -0.25) is 4.57 Å². The van der Waals surface area contributed by atoms with Gasteiger partial charge in [-0.15, -0.1) is 0 Å². The average molecular weight is 281 g/mol. The van der Waals surface area contributed by atoms with Gasteiger partial charge in [0.1, 0.15) is 24.1 Å². The lowest BCUT2D eigenvalue weighted by molar-refractivity contribution is -0.155. The molecule has 10 heteroatoms. The number of carbonyl (C=O) groups is 1. The van der Waals surface area contributed by atoms with Crippen molar-refractivity contribution in [3.63, 3.8) is 0 Å². The van der Waals surface area contributed by atoms with Gasteiger partial charge in [-0.05, 0) is 0 Å². The number of hydrogen-bond donors (Lipinski definition) is 4. The molecule has 0 bridgehead atoms. The summed E-state index contributed by atoms with van der Waals surface area (Å²) < 4.78 is 6.47. The first-order valence-electron chi connectivity index (χ1n) is 5.68. The zero-order chi connectivity index (χ0) is 14.4. The number of carboxylic acids is 1. The Morgan fingerprint density at radius 2 is 2.05 bits per heavy atom. The van der Waals surface area contributed by atoms with Crippen molar-refractivity contribution >= 4 is 23.0 Å². The molecule has 3 heterocycles. The van der Waals surface area contributed by atoms with E-state index in [0.29, 0.717) is 5.52 Å². The summed E-state index contributed by atoms with van der Waals surface area (Å²) in [7, 11) is 0.